The maximum absolute atomic E-state index is 12.6. The van der Waals surface area contributed by atoms with Gasteiger partial charge in [0.2, 0.25) is 0 Å². The third-order valence-electron chi connectivity index (χ3n) is 6.98. The molecule has 5 nitrogen and oxygen atoms in total. The van der Waals surface area contributed by atoms with Gasteiger partial charge < -0.3 is 15.0 Å². The van der Waals surface area contributed by atoms with E-state index in [9.17, 15) is 4.79 Å². The second-order valence-corrected chi connectivity index (χ2v) is 9.31. The Balaban J connectivity index is 1.22. The van der Waals surface area contributed by atoms with Crippen LogP contribution in [0.15, 0.2) is 67.0 Å². The molecule has 1 aliphatic carbocycles. The average molecular weight is 472 g/mol. The first-order valence-electron chi connectivity index (χ1n) is 12.9. The summed E-state index contributed by atoms with van der Waals surface area (Å²) in [6.45, 7) is 5.16. The third-order valence-corrected chi connectivity index (χ3v) is 6.98. The number of methoxy groups -OCH3 is 1. The predicted molar refractivity (Wildman–Crippen MR) is 142 cm³/mol. The lowest BCUT2D eigenvalue weighted by Crippen LogP contribution is -2.40. The number of nitrogens with zero attached hydrogens (tertiary/aromatic N) is 2. The molecule has 5 heteroatoms. The molecule has 0 radical (unpaired) electrons. The molecule has 3 aromatic rings. The van der Waals surface area contributed by atoms with Crippen molar-refractivity contribution in [1.29, 1.82) is 0 Å². The number of carbonyl (C=O) groups excluding carboxylic acids is 1. The maximum atomic E-state index is 12.6. The van der Waals surface area contributed by atoms with Crippen LogP contribution in [0, 0.1) is 0 Å². The molecule has 0 aliphatic heterocycles. The molecular weight excluding hydrogens is 434 g/mol. The molecule has 0 unspecified atom stereocenters. The quantitative estimate of drug-likeness (QED) is 0.373. The highest BCUT2D eigenvalue weighted by Crippen LogP contribution is 2.31. The number of ether oxygens (including phenoxy) is 1. The van der Waals surface area contributed by atoms with Crippen LogP contribution in [0.1, 0.15) is 54.1 Å². The predicted octanol–water partition coefficient (Wildman–Crippen LogP) is 5.54. The van der Waals surface area contributed by atoms with Crippen molar-refractivity contribution in [2.75, 3.05) is 26.7 Å². The number of pyridine rings is 1. The van der Waals surface area contributed by atoms with E-state index in [1.54, 1.807) is 19.5 Å². The van der Waals surface area contributed by atoms with Crippen LogP contribution in [0.2, 0.25) is 0 Å². The summed E-state index contributed by atoms with van der Waals surface area (Å²) in [4.78, 5) is 19.3. The number of unbranched alkanes of at least 4 members (excludes halogenated alkanes) is 1. The zero-order valence-electron chi connectivity index (χ0n) is 21.0. The molecule has 1 N–H and O–H groups in total. The average Bonchev–Trinajstić information content (AvgIpc) is 2.92. The van der Waals surface area contributed by atoms with Gasteiger partial charge in [-0.2, -0.15) is 0 Å². The summed E-state index contributed by atoms with van der Waals surface area (Å²) < 4.78 is 5.57. The van der Waals surface area contributed by atoms with Gasteiger partial charge in [-0.3, -0.25) is 9.78 Å². The lowest BCUT2D eigenvalue weighted by molar-refractivity contribution is 0.0952. The van der Waals surface area contributed by atoms with Gasteiger partial charge in [-0.15, -0.1) is 0 Å². The van der Waals surface area contributed by atoms with E-state index in [2.05, 4.69) is 40.3 Å². The first-order chi connectivity index (χ1) is 17.2. The molecule has 0 spiro atoms. The number of fused-ring (bicyclic) bond motifs is 1. The molecule has 0 bridgehead atoms. The molecule has 0 saturated heterocycles. The summed E-state index contributed by atoms with van der Waals surface area (Å²) in [5, 5.41) is 3.09. The Morgan fingerprint density at radius 2 is 1.80 bits per heavy atom. The summed E-state index contributed by atoms with van der Waals surface area (Å²) in [5.41, 5.74) is 5.71. The molecule has 1 aromatic heterocycles. The summed E-state index contributed by atoms with van der Waals surface area (Å²) in [5.74, 6) is 1.03. The minimum absolute atomic E-state index is 0.00507. The lowest BCUT2D eigenvalue weighted by Gasteiger charge is -2.35. The molecule has 1 heterocycles. The van der Waals surface area contributed by atoms with Gasteiger partial charge in [0.05, 0.1) is 7.11 Å². The number of amides is 1. The number of nitrogens with one attached hydrogen (secondary N) is 1. The maximum Gasteiger partial charge on any atom is 0.251 e. The van der Waals surface area contributed by atoms with Crippen molar-refractivity contribution in [1.82, 2.24) is 15.2 Å². The standard InChI is InChI=1S/C30H37N3O2/c1-3-20-33(27-13-14-28-26(22-27)7-6-8-29(28)35-2)21-5-4-17-32-30(34)25-11-9-23(10-12-25)24-15-18-31-19-16-24/h6-12,15-16,18-19,27H,3-5,13-14,17,20-22H2,1-2H3,(H,32,34)/t27-/m1/s1. The number of rotatable bonds is 11. The van der Waals surface area contributed by atoms with Crippen LogP contribution in [-0.4, -0.2) is 48.6 Å². The van der Waals surface area contributed by atoms with Crippen LogP contribution >= 0.6 is 0 Å². The van der Waals surface area contributed by atoms with Crippen LogP contribution < -0.4 is 10.1 Å². The largest absolute Gasteiger partial charge is 0.496 e. The molecule has 1 amide bonds. The highest BCUT2D eigenvalue weighted by Gasteiger charge is 2.25. The van der Waals surface area contributed by atoms with Crippen LogP contribution in [0.5, 0.6) is 5.75 Å². The highest BCUT2D eigenvalue weighted by atomic mass is 16.5. The molecule has 1 atom stereocenters. The van der Waals surface area contributed by atoms with Crippen molar-refractivity contribution < 1.29 is 9.53 Å². The SMILES string of the molecule is CCCN(CCCCNC(=O)c1ccc(-c2ccncc2)cc1)[C@@H]1CCc2c(cccc2OC)C1. The van der Waals surface area contributed by atoms with Crippen molar-refractivity contribution in [3.05, 3.63) is 83.7 Å². The fraction of sp³-hybridized carbons (Fsp3) is 0.400. The first-order valence-corrected chi connectivity index (χ1v) is 12.9. The van der Waals surface area contributed by atoms with Crippen LogP contribution in [-0.2, 0) is 12.8 Å². The van der Waals surface area contributed by atoms with Gasteiger partial charge in [0.1, 0.15) is 5.75 Å². The van der Waals surface area contributed by atoms with Gasteiger partial charge in [0, 0.05) is 30.5 Å². The first kappa shape index (κ1) is 24.9. The fourth-order valence-corrected chi connectivity index (χ4v) is 5.12. The molecule has 0 saturated carbocycles. The Morgan fingerprint density at radius 3 is 2.54 bits per heavy atom. The van der Waals surface area contributed by atoms with Crippen molar-refractivity contribution in [2.45, 2.75) is 51.5 Å². The Kier molecular flexibility index (Phi) is 8.90. The molecule has 1 aliphatic rings. The summed E-state index contributed by atoms with van der Waals surface area (Å²) in [6.07, 6.45) is 10.1. The van der Waals surface area contributed by atoms with Gasteiger partial charge in [-0.1, -0.05) is 31.2 Å². The zero-order valence-corrected chi connectivity index (χ0v) is 21.0. The van der Waals surface area contributed by atoms with Gasteiger partial charge >= 0.3 is 0 Å². The van der Waals surface area contributed by atoms with Gasteiger partial charge in [0.15, 0.2) is 0 Å². The minimum Gasteiger partial charge on any atom is -0.496 e. The van der Waals surface area contributed by atoms with E-state index in [1.807, 2.05) is 36.4 Å². The number of hydrogen-bond donors (Lipinski definition) is 1. The minimum atomic E-state index is -0.00507. The highest BCUT2D eigenvalue weighted by molar-refractivity contribution is 5.94. The molecule has 184 valence electrons. The van der Waals surface area contributed by atoms with E-state index in [0.717, 1.165) is 62.1 Å². The Hall–Kier alpha value is -3.18. The Morgan fingerprint density at radius 1 is 1.03 bits per heavy atom. The van der Waals surface area contributed by atoms with Crippen LogP contribution in [0.4, 0.5) is 0 Å². The van der Waals surface area contributed by atoms with Crippen LogP contribution in [0.3, 0.4) is 0 Å². The molecule has 35 heavy (non-hydrogen) atoms. The number of hydrogen-bond acceptors (Lipinski definition) is 4. The Bertz CT molecular complexity index is 1080. The number of benzene rings is 2. The monoisotopic (exact) mass is 471 g/mol. The van der Waals surface area contributed by atoms with E-state index in [-0.39, 0.29) is 5.91 Å². The zero-order chi connectivity index (χ0) is 24.5. The van der Waals surface area contributed by atoms with E-state index in [0.29, 0.717) is 18.2 Å². The summed E-state index contributed by atoms with van der Waals surface area (Å²) in [6, 6.07) is 18.7. The molecule has 2 aromatic carbocycles. The number of aromatic nitrogens is 1. The Labute approximate surface area is 209 Å². The molecule has 4 rings (SSSR count). The summed E-state index contributed by atoms with van der Waals surface area (Å²) >= 11 is 0. The van der Waals surface area contributed by atoms with Crippen molar-refractivity contribution in [2.24, 2.45) is 0 Å². The third kappa shape index (κ3) is 6.49. The van der Waals surface area contributed by atoms with E-state index in [1.165, 1.54) is 17.5 Å². The van der Waals surface area contributed by atoms with E-state index >= 15 is 0 Å². The topological polar surface area (TPSA) is 54.5 Å². The van der Waals surface area contributed by atoms with Gasteiger partial charge in [-0.25, -0.2) is 0 Å². The second kappa shape index (κ2) is 12.5. The van der Waals surface area contributed by atoms with Crippen molar-refractivity contribution in [3.8, 4) is 16.9 Å². The van der Waals surface area contributed by atoms with Gasteiger partial charge in [-0.05, 0) is 104 Å². The fourth-order valence-electron chi connectivity index (χ4n) is 5.12. The van der Waals surface area contributed by atoms with Crippen LogP contribution in [0.25, 0.3) is 11.1 Å². The van der Waals surface area contributed by atoms with E-state index < -0.39 is 0 Å². The molecular formula is C30H37N3O2. The number of carbonyl (C=O) groups is 1. The lowest BCUT2D eigenvalue weighted by atomic mass is 9.86. The van der Waals surface area contributed by atoms with Crippen molar-refractivity contribution in [3.63, 3.8) is 0 Å². The molecule has 0 fully saturated rings. The van der Waals surface area contributed by atoms with E-state index in [4.69, 9.17) is 4.74 Å². The smallest absolute Gasteiger partial charge is 0.251 e. The van der Waals surface area contributed by atoms with Crippen molar-refractivity contribution >= 4 is 5.91 Å². The van der Waals surface area contributed by atoms with Gasteiger partial charge in [0.25, 0.3) is 5.91 Å². The summed E-state index contributed by atoms with van der Waals surface area (Å²) in [7, 11) is 1.77. The normalized spacial score (nSPS) is 15.0. The second-order valence-electron chi connectivity index (χ2n) is 9.31.